The molecule has 2 heterocycles. The van der Waals surface area contributed by atoms with Crippen molar-refractivity contribution in [3.8, 4) is 23.7 Å². The lowest BCUT2D eigenvalue weighted by atomic mass is 9.95. The molecule has 7 N–H and O–H groups in total. The number of benzene rings is 1. The molecule has 9 nitrogen and oxygen atoms in total. The van der Waals surface area contributed by atoms with Gasteiger partial charge < -0.3 is 45.2 Å². The van der Waals surface area contributed by atoms with Gasteiger partial charge in [0.25, 0.3) is 0 Å². The Balaban J connectivity index is 1.64. The van der Waals surface area contributed by atoms with Gasteiger partial charge in [0.1, 0.15) is 48.8 Å². The molecular weight excluding hydrogens is 408 g/mol. The molecule has 31 heavy (non-hydrogen) atoms. The Labute approximate surface area is 179 Å². The highest BCUT2D eigenvalue weighted by molar-refractivity contribution is 5.42. The number of hydrogen-bond acceptors (Lipinski definition) is 9. The van der Waals surface area contributed by atoms with Gasteiger partial charge in [-0.2, -0.15) is 0 Å². The van der Waals surface area contributed by atoms with E-state index in [1.54, 1.807) is 24.3 Å². The summed E-state index contributed by atoms with van der Waals surface area (Å²) in [7, 11) is 0. The molecule has 2 aliphatic heterocycles. The number of rotatable bonds is 2. The number of aliphatic hydroxyl groups excluding tert-OH is 7. The molecule has 1 aromatic carbocycles. The van der Waals surface area contributed by atoms with Crippen molar-refractivity contribution in [1.29, 1.82) is 0 Å². The van der Waals surface area contributed by atoms with Gasteiger partial charge in [-0.25, -0.2) is 0 Å². The lowest BCUT2D eigenvalue weighted by Gasteiger charge is -2.37. The first-order valence-corrected chi connectivity index (χ1v) is 9.90. The molecule has 9 unspecified atom stereocenters. The van der Waals surface area contributed by atoms with Crippen LogP contribution >= 0.6 is 0 Å². The Morgan fingerprint density at radius 2 is 1.26 bits per heavy atom. The zero-order valence-electron chi connectivity index (χ0n) is 16.6. The van der Waals surface area contributed by atoms with Crippen LogP contribution in [0.1, 0.15) is 17.5 Å². The van der Waals surface area contributed by atoms with Crippen LogP contribution in [-0.2, 0) is 9.47 Å². The average Bonchev–Trinajstić information content (AvgIpc) is 2.78. The lowest BCUT2D eigenvalue weighted by molar-refractivity contribution is -0.214. The second-order valence-corrected chi connectivity index (χ2v) is 7.50. The zero-order chi connectivity index (χ0) is 22.5. The van der Waals surface area contributed by atoms with Crippen molar-refractivity contribution in [2.24, 2.45) is 0 Å². The van der Waals surface area contributed by atoms with E-state index in [0.717, 1.165) is 0 Å². The van der Waals surface area contributed by atoms with Gasteiger partial charge in [-0.1, -0.05) is 23.7 Å². The summed E-state index contributed by atoms with van der Waals surface area (Å²) in [4.78, 5) is 0. The molecule has 0 bridgehead atoms. The van der Waals surface area contributed by atoms with E-state index in [9.17, 15) is 35.7 Å². The minimum absolute atomic E-state index is 0.132. The summed E-state index contributed by atoms with van der Waals surface area (Å²) in [6, 6.07) is 6.81. The van der Waals surface area contributed by atoms with Gasteiger partial charge in [-0.3, -0.25) is 0 Å². The molecular formula is C22H26O9. The first-order chi connectivity index (χ1) is 14.8. The summed E-state index contributed by atoms with van der Waals surface area (Å²) in [6.45, 7) is -0.936. The van der Waals surface area contributed by atoms with Crippen LogP contribution in [0.5, 0.6) is 0 Å². The molecule has 9 atom stereocenters. The minimum Gasteiger partial charge on any atom is -0.394 e. The maximum Gasteiger partial charge on any atom is 0.147 e. The second kappa shape index (κ2) is 10.5. The molecule has 0 saturated carbocycles. The third-order valence-electron chi connectivity index (χ3n) is 5.26. The Morgan fingerprint density at radius 1 is 0.710 bits per heavy atom. The standard InChI is InChI=1S/C22H26O9/c23-10-17-19(26)15(25)9-14(30-17)7-5-12-1-3-13(4-2-12)6-8-16-20(27)22(29)21(28)18(11-24)31-16/h1-4,14-29H,9-11H2. The van der Waals surface area contributed by atoms with Crippen LogP contribution in [0, 0.1) is 23.7 Å². The van der Waals surface area contributed by atoms with E-state index < -0.39 is 68.1 Å². The normalized spacial score (nSPS) is 37.8. The number of hydrogen-bond donors (Lipinski definition) is 7. The maximum absolute atomic E-state index is 10.0. The first-order valence-electron chi connectivity index (χ1n) is 9.90. The average molecular weight is 434 g/mol. The molecule has 0 radical (unpaired) electrons. The van der Waals surface area contributed by atoms with Crippen molar-refractivity contribution in [2.75, 3.05) is 13.2 Å². The molecule has 0 spiro atoms. The summed E-state index contributed by atoms with van der Waals surface area (Å²) in [5, 5.41) is 67.6. The Kier molecular flexibility index (Phi) is 8.03. The van der Waals surface area contributed by atoms with Gasteiger partial charge in [-0.15, -0.1) is 0 Å². The summed E-state index contributed by atoms with van der Waals surface area (Å²) >= 11 is 0. The highest BCUT2D eigenvalue weighted by Crippen LogP contribution is 2.21. The number of ether oxygens (including phenoxy) is 2. The van der Waals surface area contributed by atoms with Crippen LogP contribution in [0.3, 0.4) is 0 Å². The predicted molar refractivity (Wildman–Crippen MR) is 106 cm³/mol. The summed E-state index contributed by atoms with van der Waals surface area (Å²) in [6.07, 6.45) is -9.95. The molecule has 0 aliphatic carbocycles. The van der Waals surface area contributed by atoms with Crippen molar-refractivity contribution in [2.45, 2.75) is 61.4 Å². The van der Waals surface area contributed by atoms with Crippen molar-refractivity contribution >= 4 is 0 Å². The quantitative estimate of drug-likeness (QED) is 0.242. The predicted octanol–water partition coefficient (Wildman–Crippen LogP) is -2.90. The minimum atomic E-state index is -1.48. The van der Waals surface area contributed by atoms with E-state index in [0.29, 0.717) is 11.1 Å². The number of aliphatic hydroxyl groups is 7. The monoisotopic (exact) mass is 434 g/mol. The van der Waals surface area contributed by atoms with Crippen LogP contribution < -0.4 is 0 Å². The third-order valence-corrected chi connectivity index (χ3v) is 5.26. The fourth-order valence-corrected chi connectivity index (χ4v) is 3.37. The van der Waals surface area contributed by atoms with E-state index in [-0.39, 0.29) is 6.42 Å². The van der Waals surface area contributed by atoms with Crippen molar-refractivity contribution in [3.05, 3.63) is 35.4 Å². The Bertz CT molecular complexity index is 848. The van der Waals surface area contributed by atoms with Crippen LogP contribution in [0.25, 0.3) is 0 Å². The van der Waals surface area contributed by atoms with Gasteiger partial charge in [0.05, 0.1) is 19.3 Å². The largest absolute Gasteiger partial charge is 0.394 e. The second-order valence-electron chi connectivity index (χ2n) is 7.50. The van der Waals surface area contributed by atoms with Crippen molar-refractivity contribution in [1.82, 2.24) is 0 Å². The molecule has 0 aromatic heterocycles. The molecule has 168 valence electrons. The van der Waals surface area contributed by atoms with Crippen LogP contribution in [0.15, 0.2) is 24.3 Å². The van der Waals surface area contributed by atoms with E-state index in [1.807, 2.05) is 0 Å². The van der Waals surface area contributed by atoms with E-state index in [2.05, 4.69) is 23.7 Å². The van der Waals surface area contributed by atoms with Crippen LogP contribution in [-0.4, -0.2) is 104 Å². The zero-order valence-corrected chi connectivity index (χ0v) is 16.6. The molecule has 3 rings (SSSR count). The summed E-state index contributed by atoms with van der Waals surface area (Å²) < 4.78 is 10.8. The van der Waals surface area contributed by atoms with Crippen molar-refractivity contribution in [3.63, 3.8) is 0 Å². The molecule has 2 aliphatic rings. The SMILES string of the molecule is OCC1OC(C#Cc2ccc(C#CC3OC(CO)C(O)C(O)C3O)cc2)CC(O)C1O. The first kappa shape index (κ1) is 23.6. The molecule has 2 fully saturated rings. The third kappa shape index (κ3) is 5.62. The van der Waals surface area contributed by atoms with Gasteiger partial charge in [0, 0.05) is 17.5 Å². The molecule has 2 saturated heterocycles. The Morgan fingerprint density at radius 3 is 1.84 bits per heavy atom. The van der Waals surface area contributed by atoms with Crippen LogP contribution in [0.4, 0.5) is 0 Å². The van der Waals surface area contributed by atoms with E-state index in [4.69, 9.17) is 9.47 Å². The highest BCUT2D eigenvalue weighted by atomic mass is 16.5. The van der Waals surface area contributed by atoms with Gasteiger partial charge >= 0.3 is 0 Å². The highest BCUT2D eigenvalue weighted by Gasteiger charge is 2.42. The Hall–Kier alpha value is -2.02. The smallest absolute Gasteiger partial charge is 0.147 e. The topological polar surface area (TPSA) is 160 Å². The fourth-order valence-electron chi connectivity index (χ4n) is 3.37. The van der Waals surface area contributed by atoms with Gasteiger partial charge in [0.2, 0.25) is 0 Å². The summed E-state index contributed by atoms with van der Waals surface area (Å²) in [5.41, 5.74) is 1.25. The van der Waals surface area contributed by atoms with E-state index in [1.165, 1.54) is 0 Å². The van der Waals surface area contributed by atoms with Gasteiger partial charge in [0.15, 0.2) is 0 Å². The molecule has 0 amide bonds. The van der Waals surface area contributed by atoms with Crippen LogP contribution in [0.2, 0.25) is 0 Å². The lowest BCUT2D eigenvalue weighted by Crippen LogP contribution is -2.58. The maximum atomic E-state index is 10.0. The van der Waals surface area contributed by atoms with Gasteiger partial charge in [-0.05, 0) is 24.3 Å². The van der Waals surface area contributed by atoms with Crippen molar-refractivity contribution < 1.29 is 45.2 Å². The van der Waals surface area contributed by atoms with E-state index >= 15 is 0 Å². The molecule has 1 aromatic rings. The summed E-state index contributed by atoms with van der Waals surface area (Å²) in [5.74, 6) is 11.3. The molecule has 9 heteroatoms. The fraction of sp³-hybridized carbons (Fsp3) is 0.545.